The molecule has 1 aliphatic heterocycles. The molecule has 116 valence electrons. The first-order valence-corrected chi connectivity index (χ1v) is 8.22. The van der Waals surface area contributed by atoms with Crippen LogP contribution >= 0.6 is 15.9 Å². The quantitative estimate of drug-likeness (QED) is 0.823. The Morgan fingerprint density at radius 2 is 2.23 bits per heavy atom. The molecule has 5 nitrogen and oxygen atoms in total. The van der Waals surface area contributed by atoms with Crippen LogP contribution in [0.25, 0.3) is 10.9 Å². The molecule has 1 amide bonds. The van der Waals surface area contributed by atoms with Crippen molar-refractivity contribution in [2.45, 2.75) is 12.8 Å². The van der Waals surface area contributed by atoms with E-state index in [1.165, 1.54) is 0 Å². The van der Waals surface area contributed by atoms with Gasteiger partial charge in [0.25, 0.3) is 0 Å². The molecule has 1 aliphatic rings. The summed E-state index contributed by atoms with van der Waals surface area (Å²) >= 11 is 3.46. The van der Waals surface area contributed by atoms with Gasteiger partial charge in [-0.1, -0.05) is 15.9 Å². The number of fused-ring (bicyclic) bond motifs is 1. The molecule has 0 aliphatic carbocycles. The second-order valence-corrected chi connectivity index (χ2v) is 6.81. The van der Waals surface area contributed by atoms with Crippen LogP contribution in [0.5, 0.6) is 0 Å². The first kappa shape index (κ1) is 15.2. The lowest BCUT2D eigenvalue weighted by Crippen LogP contribution is -2.43. The molecule has 0 radical (unpaired) electrons. The van der Waals surface area contributed by atoms with Crippen molar-refractivity contribution in [1.82, 2.24) is 14.9 Å². The van der Waals surface area contributed by atoms with Gasteiger partial charge >= 0.3 is 0 Å². The van der Waals surface area contributed by atoms with E-state index in [-0.39, 0.29) is 11.8 Å². The number of carbonyl (C=O) groups is 1. The summed E-state index contributed by atoms with van der Waals surface area (Å²) in [5.74, 6) is 0.938. The molecule has 1 saturated heterocycles. The van der Waals surface area contributed by atoms with Crippen molar-refractivity contribution in [2.24, 2.45) is 5.92 Å². The zero-order valence-corrected chi connectivity index (χ0v) is 14.4. The summed E-state index contributed by atoms with van der Waals surface area (Å²) in [6, 6.07) is 5.97. The summed E-state index contributed by atoms with van der Waals surface area (Å²) in [6.07, 6.45) is 3.78. The van der Waals surface area contributed by atoms with Crippen LogP contribution in [0.1, 0.15) is 12.8 Å². The van der Waals surface area contributed by atoms with Crippen LogP contribution in [0.3, 0.4) is 0 Å². The lowest BCUT2D eigenvalue weighted by atomic mass is 9.97. The number of rotatable bonds is 2. The molecule has 1 aromatic heterocycles. The maximum Gasteiger partial charge on any atom is 0.226 e. The van der Waals surface area contributed by atoms with Gasteiger partial charge in [-0.05, 0) is 31.0 Å². The number of carbonyl (C=O) groups excluding carboxylic acids is 1. The largest absolute Gasteiger partial charge is 0.349 e. The highest BCUT2D eigenvalue weighted by atomic mass is 79.9. The Balaban J connectivity index is 1.84. The Morgan fingerprint density at radius 3 is 3.00 bits per heavy atom. The molecular weight excluding hydrogens is 344 g/mol. The Hall–Kier alpha value is -1.69. The highest BCUT2D eigenvalue weighted by Gasteiger charge is 2.28. The molecule has 0 saturated carbocycles. The van der Waals surface area contributed by atoms with Crippen molar-refractivity contribution >= 4 is 38.7 Å². The van der Waals surface area contributed by atoms with Gasteiger partial charge in [-0.3, -0.25) is 4.79 Å². The third kappa shape index (κ3) is 3.06. The average Bonchev–Trinajstić information content (AvgIpc) is 2.53. The van der Waals surface area contributed by atoms with Crippen molar-refractivity contribution < 1.29 is 4.79 Å². The van der Waals surface area contributed by atoms with Crippen molar-refractivity contribution in [3.63, 3.8) is 0 Å². The highest BCUT2D eigenvalue weighted by Crippen LogP contribution is 2.24. The maximum atomic E-state index is 12.2. The summed E-state index contributed by atoms with van der Waals surface area (Å²) in [4.78, 5) is 25.1. The minimum absolute atomic E-state index is 0.0352. The smallest absolute Gasteiger partial charge is 0.226 e. The normalized spacial score (nSPS) is 18.5. The molecule has 1 atom stereocenters. The standard InChI is InChI=1S/C16H19BrN4O/c1-20(2)15(22)11-4-3-7-21(10-11)16-18-9-12-8-13(17)5-6-14(12)19-16/h5-6,8-9,11H,3-4,7,10H2,1-2H3. The summed E-state index contributed by atoms with van der Waals surface area (Å²) in [7, 11) is 3.62. The van der Waals surface area contributed by atoms with Gasteiger partial charge in [0.1, 0.15) is 0 Å². The van der Waals surface area contributed by atoms with E-state index in [0.29, 0.717) is 12.5 Å². The van der Waals surface area contributed by atoms with Crippen LogP contribution in [0, 0.1) is 5.92 Å². The van der Waals surface area contributed by atoms with Crippen LogP contribution in [0.15, 0.2) is 28.9 Å². The molecule has 2 aromatic rings. The monoisotopic (exact) mass is 362 g/mol. The number of anilines is 1. The van der Waals surface area contributed by atoms with E-state index in [9.17, 15) is 4.79 Å². The van der Waals surface area contributed by atoms with E-state index < -0.39 is 0 Å². The number of piperidine rings is 1. The fourth-order valence-electron chi connectivity index (χ4n) is 2.87. The molecule has 1 aromatic carbocycles. The van der Waals surface area contributed by atoms with Crippen molar-refractivity contribution in [3.8, 4) is 0 Å². The Bertz CT molecular complexity index is 704. The topological polar surface area (TPSA) is 49.3 Å². The molecule has 22 heavy (non-hydrogen) atoms. The van der Waals surface area contributed by atoms with E-state index in [2.05, 4.69) is 30.8 Å². The Kier molecular flexibility index (Phi) is 4.29. The van der Waals surface area contributed by atoms with Crippen LogP contribution in [0.2, 0.25) is 0 Å². The van der Waals surface area contributed by atoms with Gasteiger partial charge in [-0.25, -0.2) is 9.97 Å². The van der Waals surface area contributed by atoms with Crippen molar-refractivity contribution in [2.75, 3.05) is 32.1 Å². The number of nitrogens with zero attached hydrogens (tertiary/aromatic N) is 4. The number of hydrogen-bond acceptors (Lipinski definition) is 4. The maximum absolute atomic E-state index is 12.2. The van der Waals surface area contributed by atoms with Gasteiger partial charge in [0.05, 0.1) is 11.4 Å². The molecule has 0 spiro atoms. The zero-order chi connectivity index (χ0) is 15.7. The van der Waals surface area contributed by atoms with Crippen LogP contribution < -0.4 is 4.90 Å². The van der Waals surface area contributed by atoms with Crippen LogP contribution in [-0.4, -0.2) is 48.0 Å². The van der Waals surface area contributed by atoms with Gasteiger partial charge in [0, 0.05) is 43.2 Å². The molecule has 1 fully saturated rings. The molecule has 6 heteroatoms. The Labute approximate surface area is 138 Å². The number of hydrogen-bond donors (Lipinski definition) is 0. The fraction of sp³-hybridized carbons (Fsp3) is 0.438. The number of benzene rings is 1. The minimum Gasteiger partial charge on any atom is -0.349 e. The second-order valence-electron chi connectivity index (χ2n) is 5.89. The third-order valence-corrected chi connectivity index (χ3v) is 4.52. The predicted octanol–water partition coefficient (Wildman–Crippen LogP) is 2.70. The molecule has 1 unspecified atom stereocenters. The highest BCUT2D eigenvalue weighted by molar-refractivity contribution is 9.10. The molecule has 2 heterocycles. The molecule has 3 rings (SSSR count). The van der Waals surface area contributed by atoms with E-state index >= 15 is 0 Å². The number of aromatic nitrogens is 2. The first-order chi connectivity index (χ1) is 10.5. The lowest BCUT2D eigenvalue weighted by molar-refractivity contribution is -0.133. The van der Waals surface area contributed by atoms with Crippen molar-refractivity contribution in [3.05, 3.63) is 28.9 Å². The summed E-state index contributed by atoms with van der Waals surface area (Å²) < 4.78 is 1.02. The van der Waals surface area contributed by atoms with Gasteiger partial charge in [-0.2, -0.15) is 0 Å². The zero-order valence-electron chi connectivity index (χ0n) is 12.8. The van der Waals surface area contributed by atoms with Gasteiger partial charge in [0.15, 0.2) is 0 Å². The van der Waals surface area contributed by atoms with Gasteiger partial charge in [0.2, 0.25) is 11.9 Å². The molecule has 0 bridgehead atoms. The van der Waals surface area contributed by atoms with Crippen LogP contribution in [0.4, 0.5) is 5.95 Å². The van der Waals surface area contributed by atoms with Gasteiger partial charge < -0.3 is 9.80 Å². The van der Waals surface area contributed by atoms with Gasteiger partial charge in [-0.15, -0.1) is 0 Å². The van der Waals surface area contributed by atoms with E-state index in [1.807, 2.05) is 38.5 Å². The number of amides is 1. The average molecular weight is 363 g/mol. The molecule has 0 N–H and O–H groups in total. The minimum atomic E-state index is 0.0352. The van der Waals surface area contributed by atoms with Crippen LogP contribution in [-0.2, 0) is 4.79 Å². The molecular formula is C16H19BrN4O. The predicted molar refractivity (Wildman–Crippen MR) is 90.9 cm³/mol. The third-order valence-electron chi connectivity index (χ3n) is 4.02. The fourth-order valence-corrected chi connectivity index (χ4v) is 3.25. The Morgan fingerprint density at radius 1 is 1.41 bits per heavy atom. The summed E-state index contributed by atoms with van der Waals surface area (Å²) in [6.45, 7) is 1.60. The summed E-state index contributed by atoms with van der Waals surface area (Å²) in [5, 5.41) is 1.01. The van der Waals surface area contributed by atoms with Crippen molar-refractivity contribution in [1.29, 1.82) is 0 Å². The van der Waals surface area contributed by atoms with E-state index in [0.717, 1.165) is 34.8 Å². The van der Waals surface area contributed by atoms with E-state index in [1.54, 1.807) is 4.90 Å². The van der Waals surface area contributed by atoms with E-state index in [4.69, 9.17) is 0 Å². The number of halogens is 1. The lowest BCUT2D eigenvalue weighted by Gasteiger charge is -2.33. The first-order valence-electron chi connectivity index (χ1n) is 7.43. The second kappa shape index (κ2) is 6.20. The summed E-state index contributed by atoms with van der Waals surface area (Å²) in [5.41, 5.74) is 0.925. The SMILES string of the molecule is CN(C)C(=O)C1CCCN(c2ncc3cc(Br)ccc3n2)C1.